The van der Waals surface area contributed by atoms with E-state index in [-0.39, 0.29) is 12.5 Å². The van der Waals surface area contributed by atoms with E-state index in [0.717, 1.165) is 23.2 Å². The van der Waals surface area contributed by atoms with Crippen molar-refractivity contribution in [3.05, 3.63) is 82.4 Å². The molecule has 0 saturated heterocycles. The molecule has 0 aliphatic heterocycles. The third-order valence-electron chi connectivity index (χ3n) is 4.92. The predicted octanol–water partition coefficient (Wildman–Crippen LogP) is 5.85. The van der Waals surface area contributed by atoms with Crippen molar-refractivity contribution in [1.29, 1.82) is 0 Å². The molecule has 6 heteroatoms. The number of ether oxygens (including phenoxy) is 2. The summed E-state index contributed by atoms with van der Waals surface area (Å²) in [5.41, 5.74) is 5.01. The van der Waals surface area contributed by atoms with Crippen molar-refractivity contribution in [2.24, 2.45) is 0 Å². The van der Waals surface area contributed by atoms with Crippen LogP contribution in [0, 0.1) is 6.92 Å². The van der Waals surface area contributed by atoms with Gasteiger partial charge in [0.1, 0.15) is 0 Å². The monoisotopic (exact) mass is 438 g/mol. The van der Waals surface area contributed by atoms with Crippen LogP contribution in [0.1, 0.15) is 23.6 Å². The minimum Gasteiger partial charge on any atom is -0.493 e. The molecule has 0 aliphatic rings. The fourth-order valence-electron chi connectivity index (χ4n) is 3.06. The summed E-state index contributed by atoms with van der Waals surface area (Å²) in [6.07, 6.45) is 1.02. The fraction of sp³-hybridized carbons (Fsp3) is 0.240. The van der Waals surface area contributed by atoms with E-state index in [1.54, 1.807) is 19.2 Å². The van der Waals surface area contributed by atoms with Crippen LogP contribution in [0.3, 0.4) is 0 Å². The maximum absolute atomic E-state index is 12.3. The molecule has 0 aromatic heterocycles. The molecule has 0 bridgehead atoms. The second-order valence-corrected chi connectivity index (χ2v) is 7.62. The summed E-state index contributed by atoms with van der Waals surface area (Å²) in [5.74, 6) is 0.817. The van der Waals surface area contributed by atoms with E-state index in [9.17, 15) is 4.79 Å². The van der Waals surface area contributed by atoms with Crippen LogP contribution >= 0.6 is 11.6 Å². The van der Waals surface area contributed by atoms with Gasteiger partial charge in [0.15, 0.2) is 18.1 Å². The average Bonchev–Trinajstić information content (AvgIpc) is 2.79. The largest absolute Gasteiger partial charge is 0.493 e. The number of carbonyl (C=O) groups is 1. The summed E-state index contributed by atoms with van der Waals surface area (Å²) < 4.78 is 11.1. The summed E-state index contributed by atoms with van der Waals surface area (Å²) in [4.78, 5) is 12.3. The quantitative estimate of drug-likeness (QED) is 0.440. The number of nitrogens with one attached hydrogen (secondary N) is 2. The first kappa shape index (κ1) is 22.5. The molecule has 162 valence electrons. The summed E-state index contributed by atoms with van der Waals surface area (Å²) in [6.45, 7) is 4.56. The van der Waals surface area contributed by atoms with Crippen LogP contribution in [0.5, 0.6) is 11.5 Å². The van der Waals surface area contributed by atoms with Crippen LogP contribution in [-0.4, -0.2) is 19.6 Å². The van der Waals surface area contributed by atoms with Gasteiger partial charge in [-0.2, -0.15) is 0 Å². The number of anilines is 2. The van der Waals surface area contributed by atoms with Crippen molar-refractivity contribution in [2.45, 2.75) is 26.8 Å². The van der Waals surface area contributed by atoms with E-state index >= 15 is 0 Å². The Bertz CT molecular complexity index is 1040. The van der Waals surface area contributed by atoms with Gasteiger partial charge in [-0.1, -0.05) is 42.8 Å². The third-order valence-corrected chi connectivity index (χ3v) is 5.15. The first-order valence-corrected chi connectivity index (χ1v) is 10.5. The average molecular weight is 439 g/mol. The van der Waals surface area contributed by atoms with Gasteiger partial charge in [0.25, 0.3) is 5.91 Å². The van der Waals surface area contributed by atoms with Crippen LogP contribution in [0.25, 0.3) is 0 Å². The molecule has 0 aliphatic carbocycles. The Labute approximate surface area is 188 Å². The van der Waals surface area contributed by atoms with E-state index in [4.69, 9.17) is 21.1 Å². The van der Waals surface area contributed by atoms with Crippen LogP contribution in [0.15, 0.2) is 60.7 Å². The number of hydrogen-bond acceptors (Lipinski definition) is 4. The summed E-state index contributed by atoms with van der Waals surface area (Å²) in [5, 5.41) is 6.78. The molecule has 0 heterocycles. The van der Waals surface area contributed by atoms with Crippen molar-refractivity contribution in [3.63, 3.8) is 0 Å². The summed E-state index contributed by atoms with van der Waals surface area (Å²) in [6, 6.07) is 19.4. The van der Waals surface area contributed by atoms with Crippen molar-refractivity contribution < 1.29 is 14.3 Å². The first-order chi connectivity index (χ1) is 15.0. The maximum Gasteiger partial charge on any atom is 0.262 e. The Kier molecular flexibility index (Phi) is 7.79. The molecule has 1 amide bonds. The Hall–Kier alpha value is -3.18. The number of amides is 1. The highest BCUT2D eigenvalue weighted by Crippen LogP contribution is 2.28. The van der Waals surface area contributed by atoms with Gasteiger partial charge in [-0.3, -0.25) is 4.79 Å². The normalized spacial score (nSPS) is 10.5. The van der Waals surface area contributed by atoms with Gasteiger partial charge in [-0.05, 0) is 66.4 Å². The third kappa shape index (κ3) is 6.40. The lowest BCUT2D eigenvalue weighted by Gasteiger charge is -2.14. The first-order valence-electron chi connectivity index (χ1n) is 10.2. The molecule has 0 atom stereocenters. The van der Waals surface area contributed by atoms with Gasteiger partial charge in [-0.15, -0.1) is 0 Å². The van der Waals surface area contributed by atoms with E-state index in [0.29, 0.717) is 28.8 Å². The van der Waals surface area contributed by atoms with Gasteiger partial charge < -0.3 is 20.1 Å². The Morgan fingerprint density at radius 3 is 2.42 bits per heavy atom. The number of aryl methyl sites for hydroxylation is 2. The zero-order valence-corrected chi connectivity index (χ0v) is 18.8. The number of halogens is 1. The highest BCUT2D eigenvalue weighted by atomic mass is 35.5. The number of rotatable bonds is 9. The van der Waals surface area contributed by atoms with Crippen molar-refractivity contribution >= 4 is 28.9 Å². The van der Waals surface area contributed by atoms with Gasteiger partial charge in [0.05, 0.1) is 7.11 Å². The smallest absolute Gasteiger partial charge is 0.262 e. The minimum atomic E-state index is -0.270. The molecule has 0 saturated carbocycles. The van der Waals surface area contributed by atoms with Crippen LogP contribution in [-0.2, 0) is 17.8 Å². The zero-order valence-electron chi connectivity index (χ0n) is 18.0. The molecule has 3 aromatic carbocycles. The molecular formula is C25H27ClN2O3. The second-order valence-electron chi connectivity index (χ2n) is 7.19. The van der Waals surface area contributed by atoms with Crippen molar-refractivity contribution in [1.82, 2.24) is 0 Å². The van der Waals surface area contributed by atoms with Gasteiger partial charge in [-0.25, -0.2) is 0 Å². The Morgan fingerprint density at radius 2 is 1.71 bits per heavy atom. The van der Waals surface area contributed by atoms with E-state index in [1.807, 2.05) is 31.2 Å². The maximum atomic E-state index is 12.3. The van der Waals surface area contributed by atoms with Crippen molar-refractivity contribution in [3.8, 4) is 11.5 Å². The SMILES string of the molecule is CCc1ccc(NCc2ccc(OCC(=O)Nc3cc(Cl)ccc3C)c(OC)c2)cc1. The molecule has 0 fully saturated rings. The molecule has 31 heavy (non-hydrogen) atoms. The zero-order chi connectivity index (χ0) is 22.2. The van der Waals surface area contributed by atoms with Gasteiger partial charge in [0, 0.05) is 22.9 Å². The number of benzene rings is 3. The van der Waals surface area contributed by atoms with Crippen LogP contribution < -0.4 is 20.1 Å². The standard InChI is InChI=1S/C25H27ClN2O3/c1-4-18-6-10-21(11-7-18)27-15-19-8-12-23(24(13-19)30-3)31-16-25(29)28-22-14-20(26)9-5-17(22)2/h5-14,27H,4,15-16H2,1-3H3,(H,28,29). The highest BCUT2D eigenvalue weighted by molar-refractivity contribution is 6.31. The van der Waals surface area contributed by atoms with E-state index in [1.165, 1.54) is 5.56 Å². The Balaban J connectivity index is 1.57. The van der Waals surface area contributed by atoms with Gasteiger partial charge >= 0.3 is 0 Å². The molecule has 0 unspecified atom stereocenters. The van der Waals surface area contributed by atoms with Crippen molar-refractivity contribution in [2.75, 3.05) is 24.4 Å². The Morgan fingerprint density at radius 1 is 0.968 bits per heavy atom. The fourth-order valence-corrected chi connectivity index (χ4v) is 3.23. The summed E-state index contributed by atoms with van der Waals surface area (Å²) in [7, 11) is 1.58. The molecule has 0 radical (unpaired) electrons. The molecule has 5 nitrogen and oxygen atoms in total. The lowest BCUT2D eigenvalue weighted by molar-refractivity contribution is -0.118. The van der Waals surface area contributed by atoms with Crippen LogP contribution in [0.2, 0.25) is 5.02 Å². The topological polar surface area (TPSA) is 59.6 Å². The molecule has 3 aromatic rings. The predicted molar refractivity (Wildman–Crippen MR) is 126 cm³/mol. The molecule has 3 rings (SSSR count). The molecule has 0 spiro atoms. The van der Waals surface area contributed by atoms with Gasteiger partial charge in [0.2, 0.25) is 0 Å². The van der Waals surface area contributed by atoms with E-state index < -0.39 is 0 Å². The summed E-state index contributed by atoms with van der Waals surface area (Å²) >= 11 is 6.00. The number of hydrogen-bond donors (Lipinski definition) is 2. The minimum absolute atomic E-state index is 0.135. The highest BCUT2D eigenvalue weighted by Gasteiger charge is 2.10. The van der Waals surface area contributed by atoms with E-state index in [2.05, 4.69) is 41.8 Å². The number of carbonyl (C=O) groups excluding carboxylic acids is 1. The lowest BCUT2D eigenvalue weighted by Crippen LogP contribution is -2.20. The molecular weight excluding hydrogens is 412 g/mol. The number of methoxy groups -OCH3 is 1. The molecule has 2 N–H and O–H groups in total. The van der Waals surface area contributed by atoms with Crippen LogP contribution in [0.4, 0.5) is 11.4 Å². The second kappa shape index (κ2) is 10.7. The lowest BCUT2D eigenvalue weighted by atomic mass is 10.1.